The van der Waals surface area contributed by atoms with Crippen molar-refractivity contribution in [2.75, 3.05) is 13.6 Å². The van der Waals surface area contributed by atoms with E-state index in [1.807, 2.05) is 0 Å². The quantitative estimate of drug-likeness (QED) is 0.825. The lowest BCUT2D eigenvalue weighted by Gasteiger charge is -2.44. The number of likely N-dealkylation sites (N-methyl/N-ethyl adjacent to an activating group) is 1. The highest BCUT2D eigenvalue weighted by Crippen LogP contribution is 2.32. The Morgan fingerprint density at radius 3 is 2.56 bits per heavy atom. The predicted molar refractivity (Wildman–Crippen MR) is 78.9 cm³/mol. The van der Waals surface area contributed by atoms with Crippen molar-refractivity contribution in [3.05, 3.63) is 0 Å². The maximum atomic E-state index is 3.94. The standard InChI is InChI=1S/C16H32N2/c1-5-16(2,3)18(4)12-14-11-10-13-8-6-7-9-15(13)17-14/h13-15,17H,5-12H2,1-4H3. The monoisotopic (exact) mass is 252 g/mol. The summed E-state index contributed by atoms with van der Waals surface area (Å²) in [7, 11) is 2.29. The molecule has 3 atom stereocenters. The largest absolute Gasteiger partial charge is 0.310 e. The molecule has 0 aromatic rings. The van der Waals surface area contributed by atoms with Crippen LogP contribution in [0.3, 0.4) is 0 Å². The molecule has 106 valence electrons. The van der Waals surface area contributed by atoms with Crippen LogP contribution in [0.2, 0.25) is 0 Å². The number of piperidine rings is 1. The first-order valence-corrected chi connectivity index (χ1v) is 8.00. The van der Waals surface area contributed by atoms with Crippen LogP contribution in [0.5, 0.6) is 0 Å². The molecule has 0 bridgehead atoms. The molecule has 18 heavy (non-hydrogen) atoms. The second kappa shape index (κ2) is 5.92. The van der Waals surface area contributed by atoms with Gasteiger partial charge in [0.2, 0.25) is 0 Å². The van der Waals surface area contributed by atoms with Gasteiger partial charge < -0.3 is 5.32 Å². The highest BCUT2D eigenvalue weighted by Gasteiger charge is 2.33. The van der Waals surface area contributed by atoms with Gasteiger partial charge in [0.05, 0.1) is 0 Å². The van der Waals surface area contributed by atoms with Gasteiger partial charge in [0.15, 0.2) is 0 Å². The van der Waals surface area contributed by atoms with Gasteiger partial charge in [0.25, 0.3) is 0 Å². The third-order valence-electron chi connectivity index (χ3n) is 5.64. The van der Waals surface area contributed by atoms with E-state index in [1.54, 1.807) is 0 Å². The topological polar surface area (TPSA) is 15.3 Å². The predicted octanol–water partition coefficient (Wildman–Crippen LogP) is 3.42. The minimum atomic E-state index is 0.338. The van der Waals surface area contributed by atoms with Gasteiger partial charge in [-0.2, -0.15) is 0 Å². The molecule has 0 aromatic heterocycles. The molecule has 1 aliphatic carbocycles. The minimum Gasteiger partial charge on any atom is -0.310 e. The number of nitrogens with one attached hydrogen (secondary N) is 1. The van der Waals surface area contributed by atoms with Crippen molar-refractivity contribution >= 4 is 0 Å². The fraction of sp³-hybridized carbons (Fsp3) is 1.00. The van der Waals surface area contributed by atoms with E-state index >= 15 is 0 Å². The molecule has 0 aromatic carbocycles. The molecule has 0 radical (unpaired) electrons. The molecule has 1 N–H and O–H groups in total. The summed E-state index contributed by atoms with van der Waals surface area (Å²) >= 11 is 0. The SMILES string of the molecule is CCC(C)(C)N(C)CC1CCC2CCCCC2N1. The molecule has 2 fully saturated rings. The van der Waals surface area contributed by atoms with Crippen molar-refractivity contribution in [2.45, 2.75) is 83.3 Å². The second-order valence-corrected chi connectivity index (χ2v) is 7.14. The summed E-state index contributed by atoms with van der Waals surface area (Å²) < 4.78 is 0. The average Bonchev–Trinajstić information content (AvgIpc) is 2.38. The molecular formula is C16H32N2. The maximum Gasteiger partial charge on any atom is 0.0197 e. The van der Waals surface area contributed by atoms with Crippen molar-refractivity contribution in [3.8, 4) is 0 Å². The normalized spacial score (nSPS) is 33.5. The Kier molecular flexibility index (Phi) is 4.71. The van der Waals surface area contributed by atoms with Crippen molar-refractivity contribution in [1.82, 2.24) is 10.2 Å². The van der Waals surface area contributed by atoms with Gasteiger partial charge >= 0.3 is 0 Å². The Labute approximate surface area is 114 Å². The molecule has 1 heterocycles. The first-order chi connectivity index (χ1) is 8.53. The number of hydrogen-bond acceptors (Lipinski definition) is 2. The summed E-state index contributed by atoms with van der Waals surface area (Å²) in [6, 6.07) is 1.55. The van der Waals surface area contributed by atoms with Crippen LogP contribution in [0.25, 0.3) is 0 Å². The van der Waals surface area contributed by atoms with E-state index in [9.17, 15) is 0 Å². The number of rotatable bonds is 4. The molecule has 1 saturated carbocycles. The zero-order valence-electron chi connectivity index (χ0n) is 12.8. The van der Waals surface area contributed by atoms with E-state index in [0.29, 0.717) is 5.54 Å². The maximum absolute atomic E-state index is 3.94. The Hall–Kier alpha value is -0.0800. The molecule has 1 saturated heterocycles. The van der Waals surface area contributed by atoms with Crippen molar-refractivity contribution in [2.24, 2.45) is 5.92 Å². The molecule has 1 aliphatic heterocycles. The molecule has 2 nitrogen and oxygen atoms in total. The van der Waals surface area contributed by atoms with Crippen LogP contribution < -0.4 is 5.32 Å². The van der Waals surface area contributed by atoms with Gasteiger partial charge in [-0.25, -0.2) is 0 Å². The molecule has 3 unspecified atom stereocenters. The van der Waals surface area contributed by atoms with Crippen LogP contribution in [0.15, 0.2) is 0 Å². The van der Waals surface area contributed by atoms with Crippen LogP contribution in [0.4, 0.5) is 0 Å². The highest BCUT2D eigenvalue weighted by atomic mass is 15.2. The highest BCUT2D eigenvalue weighted by molar-refractivity contribution is 4.91. The van der Waals surface area contributed by atoms with Gasteiger partial charge in [-0.3, -0.25) is 4.90 Å². The third-order valence-corrected chi connectivity index (χ3v) is 5.64. The summed E-state index contributed by atoms with van der Waals surface area (Å²) in [6.07, 6.45) is 9.87. The first kappa shape index (κ1) is 14.3. The summed E-state index contributed by atoms with van der Waals surface area (Å²) in [6.45, 7) is 8.23. The smallest absolute Gasteiger partial charge is 0.0197 e. The van der Waals surface area contributed by atoms with Crippen LogP contribution in [-0.4, -0.2) is 36.1 Å². The summed E-state index contributed by atoms with van der Waals surface area (Å²) in [5.41, 5.74) is 0.338. The summed E-state index contributed by atoms with van der Waals surface area (Å²) in [5.74, 6) is 0.986. The van der Waals surface area contributed by atoms with E-state index in [1.165, 1.54) is 51.5 Å². The van der Waals surface area contributed by atoms with Gasteiger partial charge in [0, 0.05) is 24.2 Å². The fourth-order valence-electron chi connectivity index (χ4n) is 3.57. The fourth-order valence-corrected chi connectivity index (χ4v) is 3.57. The molecular weight excluding hydrogens is 220 g/mol. The Balaban J connectivity index is 1.84. The number of fused-ring (bicyclic) bond motifs is 1. The van der Waals surface area contributed by atoms with Crippen molar-refractivity contribution < 1.29 is 0 Å². The van der Waals surface area contributed by atoms with E-state index in [4.69, 9.17) is 0 Å². The first-order valence-electron chi connectivity index (χ1n) is 8.00. The Morgan fingerprint density at radius 2 is 1.83 bits per heavy atom. The zero-order valence-corrected chi connectivity index (χ0v) is 12.8. The molecule has 2 heteroatoms. The molecule has 2 aliphatic rings. The lowest BCUT2D eigenvalue weighted by Crippen LogP contribution is -2.55. The Morgan fingerprint density at radius 1 is 1.11 bits per heavy atom. The van der Waals surface area contributed by atoms with Crippen LogP contribution in [0, 0.1) is 5.92 Å². The zero-order chi connectivity index (χ0) is 13.2. The van der Waals surface area contributed by atoms with Crippen LogP contribution in [-0.2, 0) is 0 Å². The van der Waals surface area contributed by atoms with Gasteiger partial charge in [0.1, 0.15) is 0 Å². The second-order valence-electron chi connectivity index (χ2n) is 7.14. The molecule has 2 rings (SSSR count). The van der Waals surface area contributed by atoms with E-state index in [2.05, 4.69) is 38.0 Å². The summed E-state index contributed by atoms with van der Waals surface area (Å²) in [4.78, 5) is 2.55. The number of nitrogens with zero attached hydrogens (tertiary/aromatic N) is 1. The van der Waals surface area contributed by atoms with Crippen molar-refractivity contribution in [3.63, 3.8) is 0 Å². The lowest BCUT2D eigenvalue weighted by atomic mass is 9.77. The van der Waals surface area contributed by atoms with E-state index < -0.39 is 0 Å². The third kappa shape index (κ3) is 3.27. The van der Waals surface area contributed by atoms with Crippen molar-refractivity contribution in [1.29, 1.82) is 0 Å². The lowest BCUT2D eigenvalue weighted by molar-refractivity contribution is 0.101. The van der Waals surface area contributed by atoms with Gasteiger partial charge in [-0.1, -0.05) is 19.8 Å². The average molecular weight is 252 g/mol. The van der Waals surface area contributed by atoms with Gasteiger partial charge in [-0.05, 0) is 58.9 Å². The molecule has 0 spiro atoms. The molecule has 0 amide bonds. The van der Waals surface area contributed by atoms with Crippen LogP contribution in [0.1, 0.15) is 65.7 Å². The van der Waals surface area contributed by atoms with Gasteiger partial charge in [-0.15, -0.1) is 0 Å². The van der Waals surface area contributed by atoms with Crippen LogP contribution >= 0.6 is 0 Å². The minimum absolute atomic E-state index is 0.338. The van der Waals surface area contributed by atoms with E-state index in [-0.39, 0.29) is 0 Å². The number of hydrogen-bond donors (Lipinski definition) is 1. The Bertz CT molecular complexity index is 262. The summed E-state index contributed by atoms with van der Waals surface area (Å²) in [5, 5.41) is 3.94. The van der Waals surface area contributed by atoms with E-state index in [0.717, 1.165) is 18.0 Å².